The molecule has 1 aliphatic carbocycles. The van der Waals surface area contributed by atoms with Gasteiger partial charge < -0.3 is 25.0 Å². The zero-order valence-electron chi connectivity index (χ0n) is 19.3. The molecule has 0 unspecified atom stereocenters. The van der Waals surface area contributed by atoms with E-state index in [0.29, 0.717) is 44.9 Å². The van der Waals surface area contributed by atoms with E-state index in [1.807, 2.05) is 24.3 Å². The van der Waals surface area contributed by atoms with Gasteiger partial charge in [0.15, 0.2) is 0 Å². The number of carbonyl (C=O) groups excluding carboxylic acids is 2. The molecule has 188 valence electrons. The predicted molar refractivity (Wildman–Crippen MR) is 123 cm³/mol. The lowest BCUT2D eigenvalue weighted by Gasteiger charge is -2.31. The number of alkyl halides is 3. The Kier molecular flexibility index (Phi) is 7.49. The molecule has 0 spiro atoms. The standard InChI is InChI=1S/C25H28F3N3O4/c1-34-18-8-6-16(7-9-18)19-14-17(15-20(19)23(32)31-10-12-35-13-11-31)29-24(33)30-22-5-3-2-4-21(22)25(26,27)28/h2-9,17,19-20H,10-15H2,1H3,(H2,29,30,33)/t17-,19+,20-/m0/s1. The normalized spacial score (nSPS) is 22.5. The Morgan fingerprint density at radius 1 is 1.03 bits per heavy atom. The number of ether oxygens (including phenoxy) is 2. The van der Waals surface area contributed by atoms with Crippen molar-refractivity contribution in [1.82, 2.24) is 10.2 Å². The monoisotopic (exact) mass is 491 g/mol. The van der Waals surface area contributed by atoms with Crippen molar-refractivity contribution in [3.63, 3.8) is 0 Å². The van der Waals surface area contributed by atoms with E-state index < -0.39 is 17.8 Å². The highest BCUT2D eigenvalue weighted by Crippen LogP contribution is 2.42. The number of methoxy groups -OCH3 is 1. The van der Waals surface area contributed by atoms with Gasteiger partial charge in [-0.3, -0.25) is 4.79 Å². The van der Waals surface area contributed by atoms with Crippen molar-refractivity contribution >= 4 is 17.6 Å². The Morgan fingerprint density at radius 3 is 2.37 bits per heavy atom. The van der Waals surface area contributed by atoms with E-state index in [0.717, 1.165) is 11.6 Å². The fraction of sp³-hybridized carbons (Fsp3) is 0.440. The van der Waals surface area contributed by atoms with Crippen LogP contribution >= 0.6 is 0 Å². The largest absolute Gasteiger partial charge is 0.497 e. The minimum absolute atomic E-state index is 0.00115. The number of halogens is 3. The summed E-state index contributed by atoms with van der Waals surface area (Å²) in [6.45, 7) is 1.98. The number of hydrogen-bond donors (Lipinski definition) is 2. The fourth-order valence-corrected chi connectivity index (χ4v) is 4.85. The van der Waals surface area contributed by atoms with Crippen LogP contribution in [-0.4, -0.2) is 56.3 Å². The van der Waals surface area contributed by atoms with Crippen LogP contribution in [-0.2, 0) is 15.7 Å². The molecular weight excluding hydrogens is 463 g/mol. The molecule has 1 heterocycles. The molecule has 0 radical (unpaired) electrons. The van der Waals surface area contributed by atoms with E-state index in [-0.39, 0.29) is 29.5 Å². The molecule has 2 N–H and O–H groups in total. The first kappa shape index (κ1) is 24.8. The van der Waals surface area contributed by atoms with E-state index in [1.54, 1.807) is 12.0 Å². The second kappa shape index (κ2) is 10.6. The second-order valence-electron chi connectivity index (χ2n) is 8.73. The van der Waals surface area contributed by atoms with Crippen LogP contribution < -0.4 is 15.4 Å². The third-order valence-corrected chi connectivity index (χ3v) is 6.56. The van der Waals surface area contributed by atoms with Gasteiger partial charge in [-0.1, -0.05) is 24.3 Å². The van der Waals surface area contributed by atoms with Gasteiger partial charge in [-0.15, -0.1) is 0 Å². The number of nitrogens with zero attached hydrogens (tertiary/aromatic N) is 1. The summed E-state index contributed by atoms with van der Waals surface area (Å²) in [5.41, 5.74) is -0.286. The van der Waals surface area contributed by atoms with Crippen LogP contribution in [0, 0.1) is 5.92 Å². The van der Waals surface area contributed by atoms with Gasteiger partial charge in [-0.25, -0.2) is 4.79 Å². The van der Waals surface area contributed by atoms with Crippen molar-refractivity contribution in [3.8, 4) is 5.75 Å². The number of morpholine rings is 1. The van der Waals surface area contributed by atoms with E-state index in [2.05, 4.69) is 10.6 Å². The topological polar surface area (TPSA) is 79.9 Å². The predicted octanol–water partition coefficient (Wildman–Crippen LogP) is 4.26. The van der Waals surface area contributed by atoms with E-state index in [9.17, 15) is 22.8 Å². The Bertz CT molecular complexity index is 1040. The number of anilines is 1. The molecule has 3 amide bonds. The molecule has 1 saturated carbocycles. The Morgan fingerprint density at radius 2 is 1.71 bits per heavy atom. The third kappa shape index (κ3) is 5.87. The first-order valence-corrected chi connectivity index (χ1v) is 11.5. The molecule has 1 aliphatic heterocycles. The number of benzene rings is 2. The second-order valence-corrected chi connectivity index (χ2v) is 8.73. The lowest BCUT2D eigenvalue weighted by molar-refractivity contribution is -0.140. The van der Waals surface area contributed by atoms with Crippen molar-refractivity contribution in [1.29, 1.82) is 0 Å². The summed E-state index contributed by atoms with van der Waals surface area (Å²) in [5, 5.41) is 5.10. The molecule has 10 heteroatoms. The van der Waals surface area contributed by atoms with Crippen LogP contribution in [0.15, 0.2) is 48.5 Å². The van der Waals surface area contributed by atoms with Crippen LogP contribution in [0.25, 0.3) is 0 Å². The third-order valence-electron chi connectivity index (χ3n) is 6.56. The van der Waals surface area contributed by atoms with Gasteiger partial charge in [-0.05, 0) is 48.6 Å². The number of rotatable bonds is 5. The van der Waals surface area contributed by atoms with Crippen LogP contribution in [0.4, 0.5) is 23.7 Å². The number of amides is 3. The van der Waals surface area contributed by atoms with E-state index in [4.69, 9.17) is 9.47 Å². The van der Waals surface area contributed by atoms with Gasteiger partial charge in [0.2, 0.25) is 5.91 Å². The molecule has 0 bridgehead atoms. The van der Waals surface area contributed by atoms with Gasteiger partial charge >= 0.3 is 12.2 Å². The molecule has 3 atom stereocenters. The SMILES string of the molecule is COc1ccc([C@H]2C[C@H](NC(=O)Nc3ccccc3C(F)(F)F)C[C@@H]2C(=O)N2CCOCC2)cc1. The van der Waals surface area contributed by atoms with Gasteiger partial charge in [0.25, 0.3) is 0 Å². The molecule has 1 saturated heterocycles. The molecule has 4 rings (SSSR count). The van der Waals surface area contributed by atoms with Crippen molar-refractivity contribution in [2.45, 2.75) is 31.0 Å². The highest BCUT2D eigenvalue weighted by atomic mass is 19.4. The smallest absolute Gasteiger partial charge is 0.418 e. The minimum Gasteiger partial charge on any atom is -0.497 e. The van der Waals surface area contributed by atoms with Gasteiger partial charge in [-0.2, -0.15) is 13.2 Å². The highest BCUT2D eigenvalue weighted by molar-refractivity contribution is 5.90. The Hall–Kier alpha value is -3.27. The highest BCUT2D eigenvalue weighted by Gasteiger charge is 2.42. The van der Waals surface area contributed by atoms with Crippen LogP contribution in [0.5, 0.6) is 5.75 Å². The maximum atomic E-state index is 13.4. The summed E-state index contributed by atoms with van der Waals surface area (Å²) >= 11 is 0. The average Bonchev–Trinajstić information content (AvgIpc) is 3.27. The fourth-order valence-electron chi connectivity index (χ4n) is 4.85. The van der Waals surface area contributed by atoms with E-state index >= 15 is 0 Å². The van der Waals surface area contributed by atoms with Crippen molar-refractivity contribution in [2.75, 3.05) is 38.7 Å². The summed E-state index contributed by atoms with van der Waals surface area (Å²) in [6.07, 6.45) is -3.71. The zero-order chi connectivity index (χ0) is 25.0. The van der Waals surface area contributed by atoms with Crippen LogP contribution in [0.2, 0.25) is 0 Å². The lowest BCUT2D eigenvalue weighted by Crippen LogP contribution is -2.44. The Labute approximate surface area is 201 Å². The summed E-state index contributed by atoms with van der Waals surface area (Å²) in [7, 11) is 1.57. The molecule has 7 nitrogen and oxygen atoms in total. The summed E-state index contributed by atoms with van der Waals surface area (Å²) < 4.78 is 50.4. The minimum atomic E-state index is -4.59. The summed E-state index contributed by atoms with van der Waals surface area (Å²) in [5.74, 6) is 0.180. The molecule has 0 aromatic heterocycles. The number of hydrogen-bond acceptors (Lipinski definition) is 4. The molecule has 35 heavy (non-hydrogen) atoms. The zero-order valence-corrected chi connectivity index (χ0v) is 19.3. The van der Waals surface area contributed by atoms with Crippen molar-refractivity contribution in [2.24, 2.45) is 5.92 Å². The lowest BCUT2D eigenvalue weighted by atomic mass is 9.88. The maximum Gasteiger partial charge on any atom is 0.418 e. The first-order valence-electron chi connectivity index (χ1n) is 11.5. The van der Waals surface area contributed by atoms with Gasteiger partial charge in [0.05, 0.1) is 31.6 Å². The van der Waals surface area contributed by atoms with Crippen LogP contribution in [0.1, 0.15) is 29.9 Å². The number of urea groups is 1. The average molecular weight is 492 g/mol. The molecule has 2 aliphatic rings. The van der Waals surface area contributed by atoms with Gasteiger partial charge in [0, 0.05) is 25.0 Å². The molecule has 2 aromatic rings. The summed E-state index contributed by atoms with van der Waals surface area (Å²) in [6, 6.07) is 11.2. The number of nitrogens with one attached hydrogen (secondary N) is 2. The quantitative estimate of drug-likeness (QED) is 0.655. The first-order chi connectivity index (χ1) is 16.8. The maximum absolute atomic E-state index is 13.4. The van der Waals surface area contributed by atoms with E-state index in [1.165, 1.54) is 18.2 Å². The summed E-state index contributed by atoms with van der Waals surface area (Å²) in [4.78, 5) is 27.8. The Balaban J connectivity index is 1.49. The molecule has 2 fully saturated rings. The number of carbonyl (C=O) groups is 2. The van der Waals surface area contributed by atoms with Gasteiger partial charge in [0.1, 0.15) is 5.75 Å². The van der Waals surface area contributed by atoms with Crippen molar-refractivity contribution in [3.05, 3.63) is 59.7 Å². The van der Waals surface area contributed by atoms with Crippen molar-refractivity contribution < 1.29 is 32.2 Å². The van der Waals surface area contributed by atoms with Crippen LogP contribution in [0.3, 0.4) is 0 Å². The molecular formula is C25H28F3N3O4. The number of para-hydroxylation sites is 1. The molecule has 2 aromatic carbocycles.